The molecule has 0 heterocycles. The first-order chi connectivity index (χ1) is 13.6. The van der Waals surface area contributed by atoms with E-state index in [1.165, 1.54) is 26.4 Å². The molecule has 152 valence electrons. The SMILES string of the molecule is COC(=O)c1ccccc1NC(=O)C1CCC(C(=O)NC2CCCCC2)CC1. The van der Waals surface area contributed by atoms with Crippen molar-refractivity contribution in [3.63, 3.8) is 0 Å². The van der Waals surface area contributed by atoms with E-state index in [1.54, 1.807) is 24.3 Å². The Balaban J connectivity index is 1.50. The molecule has 1 aromatic carbocycles. The molecule has 28 heavy (non-hydrogen) atoms. The predicted octanol–water partition coefficient (Wildman–Crippen LogP) is 3.67. The lowest BCUT2D eigenvalue weighted by atomic mass is 9.80. The highest BCUT2D eigenvalue weighted by molar-refractivity contribution is 6.01. The van der Waals surface area contributed by atoms with Gasteiger partial charge in [-0.15, -0.1) is 0 Å². The number of carbonyl (C=O) groups is 3. The van der Waals surface area contributed by atoms with E-state index in [0.717, 1.165) is 25.7 Å². The van der Waals surface area contributed by atoms with Gasteiger partial charge in [-0.25, -0.2) is 4.79 Å². The van der Waals surface area contributed by atoms with Crippen LogP contribution in [-0.2, 0) is 14.3 Å². The Morgan fingerprint density at radius 1 is 0.857 bits per heavy atom. The molecule has 0 spiro atoms. The number of nitrogens with one attached hydrogen (secondary N) is 2. The number of benzene rings is 1. The summed E-state index contributed by atoms with van der Waals surface area (Å²) in [4.78, 5) is 37.0. The van der Waals surface area contributed by atoms with Crippen molar-refractivity contribution in [2.45, 2.75) is 63.8 Å². The van der Waals surface area contributed by atoms with Gasteiger partial charge in [0.2, 0.25) is 11.8 Å². The van der Waals surface area contributed by atoms with Gasteiger partial charge in [0.25, 0.3) is 0 Å². The highest BCUT2D eigenvalue weighted by Crippen LogP contribution is 2.31. The molecule has 2 aliphatic rings. The van der Waals surface area contributed by atoms with Crippen LogP contribution in [0.1, 0.15) is 68.1 Å². The van der Waals surface area contributed by atoms with Gasteiger partial charge in [-0.1, -0.05) is 31.4 Å². The zero-order chi connectivity index (χ0) is 19.9. The van der Waals surface area contributed by atoms with Gasteiger partial charge in [0.05, 0.1) is 18.4 Å². The summed E-state index contributed by atoms with van der Waals surface area (Å²) in [7, 11) is 1.32. The summed E-state index contributed by atoms with van der Waals surface area (Å²) in [5.74, 6) is -0.541. The molecule has 3 rings (SSSR count). The molecule has 1 aromatic rings. The van der Waals surface area contributed by atoms with Gasteiger partial charge in [-0.2, -0.15) is 0 Å². The Morgan fingerprint density at radius 3 is 2.11 bits per heavy atom. The van der Waals surface area contributed by atoms with Crippen LogP contribution < -0.4 is 10.6 Å². The van der Waals surface area contributed by atoms with Gasteiger partial charge in [0.1, 0.15) is 0 Å². The van der Waals surface area contributed by atoms with Crippen LogP contribution in [0.5, 0.6) is 0 Å². The number of esters is 1. The van der Waals surface area contributed by atoms with Crippen molar-refractivity contribution < 1.29 is 19.1 Å². The maximum atomic E-state index is 12.7. The zero-order valence-electron chi connectivity index (χ0n) is 16.5. The quantitative estimate of drug-likeness (QED) is 0.756. The molecule has 0 radical (unpaired) electrons. The van der Waals surface area contributed by atoms with Gasteiger partial charge in [-0.3, -0.25) is 9.59 Å². The summed E-state index contributed by atoms with van der Waals surface area (Å²) in [5.41, 5.74) is 0.815. The van der Waals surface area contributed by atoms with Gasteiger partial charge in [0, 0.05) is 17.9 Å². The van der Waals surface area contributed by atoms with Crippen molar-refractivity contribution in [3.8, 4) is 0 Å². The van der Waals surface area contributed by atoms with E-state index in [0.29, 0.717) is 30.1 Å². The molecular weight excluding hydrogens is 356 g/mol. The van der Waals surface area contributed by atoms with Crippen molar-refractivity contribution >= 4 is 23.5 Å². The third kappa shape index (κ3) is 5.12. The molecule has 0 bridgehead atoms. The molecule has 0 aromatic heterocycles. The first-order valence-electron chi connectivity index (χ1n) is 10.4. The number of amides is 2. The number of ether oxygens (including phenoxy) is 1. The van der Waals surface area contributed by atoms with Crippen molar-refractivity contribution in [2.24, 2.45) is 11.8 Å². The molecule has 0 saturated heterocycles. The second-order valence-corrected chi connectivity index (χ2v) is 7.92. The Kier molecular flexibility index (Phi) is 7.06. The van der Waals surface area contributed by atoms with E-state index in [2.05, 4.69) is 10.6 Å². The topological polar surface area (TPSA) is 84.5 Å². The van der Waals surface area contributed by atoms with Crippen LogP contribution >= 0.6 is 0 Å². The van der Waals surface area contributed by atoms with E-state index in [9.17, 15) is 14.4 Å². The second kappa shape index (κ2) is 9.71. The van der Waals surface area contributed by atoms with Gasteiger partial charge < -0.3 is 15.4 Å². The molecule has 6 heteroatoms. The van der Waals surface area contributed by atoms with Crippen LogP contribution in [0.2, 0.25) is 0 Å². The smallest absolute Gasteiger partial charge is 0.339 e. The fraction of sp³-hybridized carbons (Fsp3) is 0.591. The Hall–Kier alpha value is -2.37. The lowest BCUT2D eigenvalue weighted by molar-refractivity contribution is -0.129. The molecule has 0 aliphatic heterocycles. The average molecular weight is 386 g/mol. The third-order valence-electron chi connectivity index (χ3n) is 6.01. The largest absolute Gasteiger partial charge is 0.465 e. The number of hydrogen-bond donors (Lipinski definition) is 2. The maximum absolute atomic E-state index is 12.7. The minimum absolute atomic E-state index is 0.00771. The summed E-state index contributed by atoms with van der Waals surface area (Å²) >= 11 is 0. The molecule has 2 amide bonds. The summed E-state index contributed by atoms with van der Waals surface area (Å²) in [5, 5.41) is 6.07. The fourth-order valence-electron chi connectivity index (χ4n) is 4.30. The molecule has 0 atom stereocenters. The van der Waals surface area contributed by atoms with Crippen LogP contribution in [0.3, 0.4) is 0 Å². The van der Waals surface area contributed by atoms with Gasteiger partial charge in [0.15, 0.2) is 0 Å². The lowest BCUT2D eigenvalue weighted by Gasteiger charge is -2.30. The number of methoxy groups -OCH3 is 1. The zero-order valence-corrected chi connectivity index (χ0v) is 16.5. The molecule has 0 unspecified atom stereocenters. The van der Waals surface area contributed by atoms with Gasteiger partial charge >= 0.3 is 5.97 Å². The van der Waals surface area contributed by atoms with Crippen LogP contribution in [0.25, 0.3) is 0 Å². The predicted molar refractivity (Wildman–Crippen MR) is 107 cm³/mol. The van der Waals surface area contributed by atoms with E-state index >= 15 is 0 Å². The highest BCUT2D eigenvalue weighted by atomic mass is 16.5. The normalized spacial score (nSPS) is 22.9. The van der Waals surface area contributed by atoms with E-state index in [-0.39, 0.29) is 23.7 Å². The third-order valence-corrected chi connectivity index (χ3v) is 6.01. The Morgan fingerprint density at radius 2 is 1.46 bits per heavy atom. The number of carbonyl (C=O) groups excluding carboxylic acids is 3. The van der Waals surface area contributed by atoms with Crippen molar-refractivity contribution in [1.29, 1.82) is 0 Å². The first-order valence-corrected chi connectivity index (χ1v) is 10.4. The van der Waals surface area contributed by atoms with Crippen LogP contribution in [0.4, 0.5) is 5.69 Å². The molecule has 2 saturated carbocycles. The maximum Gasteiger partial charge on any atom is 0.339 e. The highest BCUT2D eigenvalue weighted by Gasteiger charge is 2.31. The summed E-state index contributed by atoms with van der Waals surface area (Å²) < 4.78 is 4.77. The molecule has 2 aliphatic carbocycles. The second-order valence-electron chi connectivity index (χ2n) is 7.92. The number of para-hydroxylation sites is 1. The van der Waals surface area contributed by atoms with Crippen molar-refractivity contribution in [1.82, 2.24) is 5.32 Å². The fourth-order valence-corrected chi connectivity index (χ4v) is 4.30. The molecule has 6 nitrogen and oxygen atoms in total. The number of anilines is 1. The van der Waals surface area contributed by atoms with E-state index in [1.807, 2.05) is 0 Å². The van der Waals surface area contributed by atoms with Crippen molar-refractivity contribution in [2.75, 3.05) is 12.4 Å². The van der Waals surface area contributed by atoms with Crippen molar-refractivity contribution in [3.05, 3.63) is 29.8 Å². The van der Waals surface area contributed by atoms with E-state index in [4.69, 9.17) is 4.74 Å². The van der Waals surface area contributed by atoms with E-state index < -0.39 is 5.97 Å². The minimum atomic E-state index is -0.473. The standard InChI is InChI=1S/C22H30N2O4/c1-28-22(27)18-9-5-6-10-19(18)24-21(26)16-13-11-15(12-14-16)20(25)23-17-7-3-2-4-8-17/h5-6,9-10,15-17H,2-4,7-8,11-14H2,1H3,(H,23,25)(H,24,26). The van der Waals surface area contributed by atoms with Crippen LogP contribution in [0.15, 0.2) is 24.3 Å². The monoisotopic (exact) mass is 386 g/mol. The first kappa shape index (κ1) is 20.4. The summed E-state index contributed by atoms with van der Waals surface area (Å²) in [6.07, 6.45) is 8.68. The average Bonchev–Trinajstić information content (AvgIpc) is 2.74. The molecule has 2 fully saturated rings. The van der Waals surface area contributed by atoms with Gasteiger partial charge in [-0.05, 0) is 50.7 Å². The van der Waals surface area contributed by atoms with Crippen LogP contribution in [0, 0.1) is 11.8 Å². The minimum Gasteiger partial charge on any atom is -0.465 e. The lowest BCUT2D eigenvalue weighted by Crippen LogP contribution is -2.41. The summed E-state index contributed by atoms with van der Waals surface area (Å²) in [6.45, 7) is 0. The molecular formula is C22H30N2O4. The Labute approximate surface area is 166 Å². The number of hydrogen-bond acceptors (Lipinski definition) is 4. The Bertz CT molecular complexity index is 704. The van der Waals surface area contributed by atoms with Crippen LogP contribution in [-0.4, -0.2) is 30.9 Å². The summed E-state index contributed by atoms with van der Waals surface area (Å²) in [6, 6.07) is 7.17. The molecule has 2 N–H and O–H groups in total. The number of rotatable bonds is 5.